The quantitative estimate of drug-likeness (QED) is 0.858. The molecule has 1 aliphatic heterocycles. The maximum absolute atomic E-state index is 12.1. The van der Waals surface area contributed by atoms with E-state index in [1.165, 1.54) is 11.3 Å². The van der Waals surface area contributed by atoms with Crippen molar-refractivity contribution in [2.45, 2.75) is 19.8 Å². The number of rotatable bonds is 5. The summed E-state index contributed by atoms with van der Waals surface area (Å²) in [5.41, 5.74) is 5.78. The second-order valence-electron chi connectivity index (χ2n) is 5.56. The van der Waals surface area contributed by atoms with Crippen molar-refractivity contribution < 1.29 is 9.59 Å². The summed E-state index contributed by atoms with van der Waals surface area (Å²) in [6.07, 6.45) is 1.30. The second-order valence-corrected chi connectivity index (χ2v) is 6.51. The van der Waals surface area contributed by atoms with E-state index in [0.29, 0.717) is 24.4 Å². The van der Waals surface area contributed by atoms with E-state index in [1.54, 1.807) is 6.07 Å². The fourth-order valence-electron chi connectivity index (χ4n) is 2.34. The highest BCUT2D eigenvalue weighted by Gasteiger charge is 2.34. The molecule has 3 N–H and O–H groups in total. The van der Waals surface area contributed by atoms with Crippen molar-refractivity contribution in [1.29, 1.82) is 0 Å². The van der Waals surface area contributed by atoms with Gasteiger partial charge in [-0.15, -0.1) is 23.7 Å². The minimum absolute atomic E-state index is 0. The van der Waals surface area contributed by atoms with Crippen molar-refractivity contribution >= 4 is 35.6 Å². The highest BCUT2D eigenvalue weighted by Crippen LogP contribution is 2.28. The Morgan fingerprint density at radius 3 is 2.86 bits per heavy atom. The van der Waals surface area contributed by atoms with Gasteiger partial charge in [0, 0.05) is 26.1 Å². The first-order valence-corrected chi connectivity index (χ1v) is 7.72. The van der Waals surface area contributed by atoms with Crippen LogP contribution in [0.5, 0.6) is 0 Å². The molecule has 0 bridgehead atoms. The lowest BCUT2D eigenvalue weighted by molar-refractivity contribution is -0.130. The number of carbonyl (C=O) groups is 2. The minimum atomic E-state index is -0.110. The van der Waals surface area contributed by atoms with Gasteiger partial charge in [0.15, 0.2) is 0 Å². The third kappa shape index (κ3) is 4.69. The summed E-state index contributed by atoms with van der Waals surface area (Å²) in [4.78, 5) is 26.3. The SMILES string of the molecule is CC1(CN)CCN(C(=O)CCNC(=O)c2cccs2)C1.Cl. The van der Waals surface area contributed by atoms with Crippen LogP contribution in [-0.4, -0.2) is 42.9 Å². The molecule has 0 aliphatic carbocycles. The Morgan fingerprint density at radius 1 is 1.52 bits per heavy atom. The van der Waals surface area contributed by atoms with Gasteiger partial charge < -0.3 is 16.0 Å². The first-order chi connectivity index (χ1) is 9.54. The smallest absolute Gasteiger partial charge is 0.261 e. The van der Waals surface area contributed by atoms with Gasteiger partial charge in [0.1, 0.15) is 0 Å². The van der Waals surface area contributed by atoms with Crippen LogP contribution in [0, 0.1) is 5.41 Å². The van der Waals surface area contributed by atoms with Crippen molar-refractivity contribution in [3.63, 3.8) is 0 Å². The molecule has 1 aromatic rings. The number of likely N-dealkylation sites (tertiary alicyclic amines) is 1. The van der Waals surface area contributed by atoms with Crippen LogP contribution < -0.4 is 11.1 Å². The van der Waals surface area contributed by atoms with Gasteiger partial charge in [-0.3, -0.25) is 9.59 Å². The predicted molar refractivity (Wildman–Crippen MR) is 86.9 cm³/mol. The van der Waals surface area contributed by atoms with Crippen LogP contribution in [0.2, 0.25) is 0 Å². The minimum Gasteiger partial charge on any atom is -0.351 e. The number of thiophene rings is 1. The van der Waals surface area contributed by atoms with Crippen LogP contribution in [0.15, 0.2) is 17.5 Å². The third-order valence-electron chi connectivity index (χ3n) is 3.77. The maximum Gasteiger partial charge on any atom is 0.261 e. The molecule has 7 heteroatoms. The largest absolute Gasteiger partial charge is 0.351 e. The summed E-state index contributed by atoms with van der Waals surface area (Å²) in [6.45, 7) is 4.59. The van der Waals surface area contributed by atoms with Crippen LogP contribution in [-0.2, 0) is 4.79 Å². The number of halogens is 1. The molecule has 1 atom stereocenters. The predicted octanol–water partition coefficient (Wildman–Crippen LogP) is 1.49. The molecule has 1 saturated heterocycles. The summed E-state index contributed by atoms with van der Waals surface area (Å²) in [7, 11) is 0. The summed E-state index contributed by atoms with van der Waals surface area (Å²) in [5.74, 6) is -0.0188. The van der Waals surface area contributed by atoms with E-state index in [4.69, 9.17) is 5.73 Å². The average Bonchev–Trinajstić information content (AvgIpc) is 3.08. The van der Waals surface area contributed by atoms with Gasteiger partial charge in [0.25, 0.3) is 5.91 Å². The number of hydrogen-bond donors (Lipinski definition) is 2. The molecular weight excluding hydrogens is 310 g/mol. The fourth-order valence-corrected chi connectivity index (χ4v) is 2.98. The standard InChI is InChI=1S/C14H21N3O2S.ClH/c1-14(9-15)5-7-17(10-14)12(18)4-6-16-13(19)11-3-2-8-20-11;/h2-3,8H,4-7,9-10,15H2,1H3,(H,16,19);1H. The number of nitrogens with zero attached hydrogens (tertiary/aromatic N) is 1. The molecule has 1 unspecified atom stereocenters. The second kappa shape index (κ2) is 7.77. The van der Waals surface area contributed by atoms with Crippen LogP contribution in [0.1, 0.15) is 29.4 Å². The lowest BCUT2D eigenvalue weighted by Crippen LogP contribution is -2.36. The lowest BCUT2D eigenvalue weighted by atomic mass is 9.90. The van der Waals surface area contributed by atoms with Gasteiger partial charge in [-0.1, -0.05) is 13.0 Å². The third-order valence-corrected chi connectivity index (χ3v) is 4.64. The number of nitrogens with two attached hydrogens (primary N) is 1. The van der Waals surface area contributed by atoms with Crippen molar-refractivity contribution in [3.8, 4) is 0 Å². The highest BCUT2D eigenvalue weighted by molar-refractivity contribution is 7.12. The van der Waals surface area contributed by atoms with Gasteiger partial charge in [-0.2, -0.15) is 0 Å². The Kier molecular flexibility index (Phi) is 6.64. The summed E-state index contributed by atoms with van der Waals surface area (Å²) < 4.78 is 0. The van der Waals surface area contributed by atoms with Gasteiger partial charge in [-0.05, 0) is 29.8 Å². The molecular formula is C14H22ClN3O2S. The highest BCUT2D eigenvalue weighted by atomic mass is 35.5. The molecule has 2 heterocycles. The summed E-state index contributed by atoms with van der Waals surface area (Å²) in [6, 6.07) is 3.61. The molecule has 1 fully saturated rings. The number of hydrogen-bond acceptors (Lipinski definition) is 4. The fraction of sp³-hybridized carbons (Fsp3) is 0.571. The first-order valence-electron chi connectivity index (χ1n) is 6.84. The Balaban J connectivity index is 0.00000220. The molecule has 0 aromatic carbocycles. The van der Waals surface area contributed by atoms with Crippen molar-refractivity contribution in [3.05, 3.63) is 22.4 Å². The molecule has 5 nitrogen and oxygen atoms in total. The van der Waals surface area contributed by atoms with Gasteiger partial charge in [0.05, 0.1) is 4.88 Å². The van der Waals surface area contributed by atoms with Crippen molar-refractivity contribution in [1.82, 2.24) is 10.2 Å². The van der Waals surface area contributed by atoms with E-state index in [2.05, 4.69) is 12.2 Å². The molecule has 1 aromatic heterocycles. The Hall–Kier alpha value is -1.11. The van der Waals surface area contributed by atoms with Gasteiger partial charge in [0.2, 0.25) is 5.91 Å². The van der Waals surface area contributed by atoms with E-state index in [0.717, 1.165) is 19.5 Å². The van der Waals surface area contributed by atoms with E-state index >= 15 is 0 Å². The van der Waals surface area contributed by atoms with Crippen LogP contribution in [0.3, 0.4) is 0 Å². The number of amides is 2. The normalized spacial score (nSPS) is 21.0. The van der Waals surface area contributed by atoms with Gasteiger partial charge in [-0.25, -0.2) is 0 Å². The number of nitrogens with one attached hydrogen (secondary N) is 1. The first kappa shape index (κ1) is 17.9. The van der Waals surface area contributed by atoms with E-state index in [9.17, 15) is 9.59 Å². The molecule has 0 spiro atoms. The van der Waals surface area contributed by atoms with Crippen molar-refractivity contribution in [2.75, 3.05) is 26.2 Å². The van der Waals surface area contributed by atoms with Crippen LogP contribution in [0.4, 0.5) is 0 Å². The van der Waals surface area contributed by atoms with E-state index in [1.807, 2.05) is 16.3 Å². The molecule has 1 aliphatic rings. The Morgan fingerprint density at radius 2 is 2.29 bits per heavy atom. The summed E-state index contributed by atoms with van der Waals surface area (Å²) >= 11 is 1.40. The van der Waals surface area contributed by atoms with Crippen LogP contribution in [0.25, 0.3) is 0 Å². The zero-order valence-corrected chi connectivity index (χ0v) is 13.8. The molecule has 0 radical (unpaired) electrons. The summed E-state index contributed by atoms with van der Waals surface area (Å²) in [5, 5.41) is 4.63. The molecule has 21 heavy (non-hydrogen) atoms. The lowest BCUT2D eigenvalue weighted by Gasteiger charge is -2.22. The van der Waals surface area contributed by atoms with Crippen LogP contribution >= 0.6 is 23.7 Å². The average molecular weight is 332 g/mol. The Bertz CT molecular complexity index is 481. The van der Waals surface area contributed by atoms with Gasteiger partial charge >= 0.3 is 0 Å². The molecule has 2 amide bonds. The monoisotopic (exact) mass is 331 g/mol. The zero-order chi connectivity index (χ0) is 14.6. The molecule has 118 valence electrons. The van der Waals surface area contributed by atoms with E-state index < -0.39 is 0 Å². The maximum atomic E-state index is 12.1. The molecule has 2 rings (SSSR count). The topological polar surface area (TPSA) is 75.4 Å². The number of carbonyl (C=O) groups excluding carboxylic acids is 2. The van der Waals surface area contributed by atoms with Crippen molar-refractivity contribution in [2.24, 2.45) is 11.1 Å². The zero-order valence-electron chi connectivity index (χ0n) is 12.1. The molecule has 0 saturated carbocycles. The Labute approximate surface area is 135 Å². The van der Waals surface area contributed by atoms with E-state index in [-0.39, 0.29) is 29.6 Å².